The fraction of sp³-hybridized carbons (Fsp3) is 0.368. The third-order valence-electron chi connectivity index (χ3n) is 5.44. The average Bonchev–Trinajstić information content (AvgIpc) is 3.10. The van der Waals surface area contributed by atoms with Gasteiger partial charge in [-0.1, -0.05) is 18.1 Å². The minimum atomic E-state index is -0.618. The van der Waals surface area contributed by atoms with Crippen LogP contribution in [0.3, 0.4) is 0 Å². The van der Waals surface area contributed by atoms with Crippen molar-refractivity contribution in [2.75, 3.05) is 6.61 Å². The topological polar surface area (TPSA) is 98.5 Å². The second-order valence-corrected chi connectivity index (χ2v) is 7.40. The van der Waals surface area contributed by atoms with Gasteiger partial charge in [-0.3, -0.25) is 13.8 Å². The van der Waals surface area contributed by atoms with Gasteiger partial charge in [0.25, 0.3) is 5.56 Å². The first-order valence-corrected chi connectivity index (χ1v) is 9.15. The molecule has 3 unspecified atom stereocenters. The molecule has 0 bridgehead atoms. The van der Waals surface area contributed by atoms with Gasteiger partial charge >= 0.3 is 0 Å². The van der Waals surface area contributed by atoms with Crippen LogP contribution in [0.4, 0.5) is 4.39 Å². The van der Waals surface area contributed by atoms with Crippen molar-refractivity contribution in [3.8, 4) is 11.5 Å². The van der Waals surface area contributed by atoms with Gasteiger partial charge in [-0.05, 0) is 31.4 Å². The molecule has 3 heterocycles. The van der Waals surface area contributed by atoms with Crippen molar-refractivity contribution in [2.24, 2.45) is 5.92 Å². The molecule has 4 aromatic rings. The smallest absolute Gasteiger partial charge is 0.278 e. The number of benzene rings is 1. The molecular weight excluding hydrogens is 365 g/mol. The van der Waals surface area contributed by atoms with Crippen LogP contribution in [0.15, 0.2) is 33.8 Å². The Balaban J connectivity index is 1.82. The minimum absolute atomic E-state index is 0.117. The first kappa shape index (κ1) is 17.1. The molecule has 1 N–H and O–H groups in total. The highest BCUT2D eigenvalue weighted by atomic mass is 19.1. The van der Waals surface area contributed by atoms with Gasteiger partial charge in [-0.15, -0.1) is 0 Å². The molecule has 1 aromatic carbocycles. The zero-order chi connectivity index (χ0) is 19.6. The van der Waals surface area contributed by atoms with E-state index < -0.39 is 17.4 Å². The predicted octanol–water partition coefficient (Wildman–Crippen LogP) is 2.52. The summed E-state index contributed by atoms with van der Waals surface area (Å²) in [7, 11) is 0. The summed E-state index contributed by atoms with van der Waals surface area (Å²) in [6.45, 7) is 3.45. The van der Waals surface area contributed by atoms with Crippen LogP contribution in [-0.4, -0.2) is 35.8 Å². The van der Waals surface area contributed by atoms with Gasteiger partial charge in [0.1, 0.15) is 28.9 Å². The van der Waals surface area contributed by atoms with E-state index in [1.165, 1.54) is 21.4 Å². The number of aliphatic hydroxyl groups excluding tert-OH is 1. The van der Waals surface area contributed by atoms with E-state index in [9.17, 15) is 14.3 Å². The highest BCUT2D eigenvalue weighted by Crippen LogP contribution is 2.46. The molecule has 8 nitrogen and oxygen atoms in total. The Labute approximate surface area is 158 Å². The molecule has 3 atom stereocenters. The molecule has 1 fully saturated rings. The van der Waals surface area contributed by atoms with Gasteiger partial charge in [0, 0.05) is 5.92 Å². The number of rotatable bonds is 4. The number of hydrogen-bond donors (Lipinski definition) is 1. The lowest BCUT2D eigenvalue weighted by Gasteiger charge is -2.17. The van der Waals surface area contributed by atoms with Gasteiger partial charge in [0.15, 0.2) is 0 Å². The fourth-order valence-corrected chi connectivity index (χ4v) is 3.70. The van der Waals surface area contributed by atoms with E-state index in [0.717, 1.165) is 6.42 Å². The zero-order valence-corrected chi connectivity index (χ0v) is 15.3. The van der Waals surface area contributed by atoms with Crippen LogP contribution in [0.25, 0.3) is 28.1 Å². The highest BCUT2D eigenvalue weighted by molar-refractivity contribution is 5.84. The first-order valence-electron chi connectivity index (χ1n) is 9.15. The Morgan fingerprint density at radius 3 is 2.89 bits per heavy atom. The fourth-order valence-electron chi connectivity index (χ4n) is 3.70. The maximum Gasteiger partial charge on any atom is 0.278 e. The van der Waals surface area contributed by atoms with Crippen molar-refractivity contribution in [3.05, 3.63) is 46.6 Å². The van der Waals surface area contributed by atoms with Crippen molar-refractivity contribution in [2.45, 2.75) is 32.2 Å². The lowest BCUT2D eigenvalue weighted by molar-refractivity contribution is 0.239. The van der Waals surface area contributed by atoms with E-state index >= 15 is 0 Å². The maximum absolute atomic E-state index is 14.6. The summed E-state index contributed by atoms with van der Waals surface area (Å²) in [5.41, 5.74) is 0.602. The van der Waals surface area contributed by atoms with Crippen LogP contribution in [-0.2, 0) is 0 Å². The van der Waals surface area contributed by atoms with E-state index in [1.807, 2.05) is 0 Å². The number of para-hydroxylation sites is 1. The molecule has 28 heavy (non-hydrogen) atoms. The number of aromatic nitrogens is 5. The summed E-state index contributed by atoms with van der Waals surface area (Å²) in [5, 5.41) is 13.6. The quantitative estimate of drug-likeness (QED) is 0.581. The van der Waals surface area contributed by atoms with E-state index in [4.69, 9.17) is 4.52 Å². The molecule has 0 aliphatic heterocycles. The summed E-state index contributed by atoms with van der Waals surface area (Å²) in [5.74, 6) is 0.974. The largest absolute Gasteiger partial charge is 0.394 e. The van der Waals surface area contributed by atoms with Gasteiger partial charge in [-0.25, -0.2) is 9.37 Å². The third-order valence-corrected chi connectivity index (χ3v) is 5.44. The molecule has 0 saturated heterocycles. The lowest BCUT2D eigenvalue weighted by atomic mass is 10.2. The lowest BCUT2D eigenvalue weighted by Crippen LogP contribution is -2.28. The normalized spacial score (nSPS) is 20.1. The van der Waals surface area contributed by atoms with Gasteiger partial charge in [0.05, 0.1) is 18.2 Å². The molecule has 1 aliphatic rings. The number of aliphatic hydroxyl groups is 1. The van der Waals surface area contributed by atoms with E-state index in [1.54, 1.807) is 19.1 Å². The maximum atomic E-state index is 14.6. The Kier molecular flexibility index (Phi) is 3.63. The van der Waals surface area contributed by atoms with Crippen molar-refractivity contribution in [3.63, 3.8) is 0 Å². The minimum Gasteiger partial charge on any atom is -0.394 e. The molecule has 0 spiro atoms. The third kappa shape index (κ3) is 2.32. The first-order chi connectivity index (χ1) is 13.5. The van der Waals surface area contributed by atoms with Gasteiger partial charge in [-0.2, -0.15) is 4.98 Å². The van der Waals surface area contributed by atoms with Crippen molar-refractivity contribution in [1.82, 2.24) is 24.1 Å². The molecule has 0 radical (unpaired) electrons. The molecular formula is C19H18FN5O3. The van der Waals surface area contributed by atoms with Crippen LogP contribution in [0.5, 0.6) is 0 Å². The summed E-state index contributed by atoms with van der Waals surface area (Å²) >= 11 is 0. The van der Waals surface area contributed by atoms with Crippen LogP contribution >= 0.6 is 0 Å². The molecule has 5 rings (SSSR count). The Morgan fingerprint density at radius 1 is 1.39 bits per heavy atom. The Morgan fingerprint density at radius 2 is 2.18 bits per heavy atom. The Bertz CT molecular complexity index is 1270. The van der Waals surface area contributed by atoms with Gasteiger partial charge < -0.3 is 9.63 Å². The molecule has 3 aromatic heterocycles. The summed E-state index contributed by atoms with van der Waals surface area (Å²) < 4.78 is 22.8. The molecule has 9 heteroatoms. The van der Waals surface area contributed by atoms with Crippen LogP contribution in [0.2, 0.25) is 0 Å². The van der Waals surface area contributed by atoms with Gasteiger partial charge in [0.2, 0.25) is 11.7 Å². The second-order valence-electron chi connectivity index (χ2n) is 7.40. The second kappa shape index (κ2) is 5.96. The summed E-state index contributed by atoms with van der Waals surface area (Å²) in [6.07, 6.45) is 2.45. The monoisotopic (exact) mass is 383 g/mol. The summed E-state index contributed by atoms with van der Waals surface area (Å²) in [6, 6.07) is 3.93. The SMILES string of the molecule is CC1CC1c1nc(-c2ncn3c2c(=O)n(C(C)CO)c2c(F)cccc23)no1. The van der Waals surface area contributed by atoms with Crippen LogP contribution in [0, 0.1) is 11.7 Å². The van der Waals surface area contributed by atoms with Crippen molar-refractivity contribution in [1.29, 1.82) is 0 Å². The number of nitrogens with zero attached hydrogens (tertiary/aromatic N) is 5. The Hall–Kier alpha value is -3.07. The molecule has 1 aliphatic carbocycles. The van der Waals surface area contributed by atoms with Crippen molar-refractivity contribution >= 4 is 16.6 Å². The number of halogens is 1. The van der Waals surface area contributed by atoms with Crippen LogP contribution < -0.4 is 5.56 Å². The van der Waals surface area contributed by atoms with Crippen LogP contribution in [0.1, 0.15) is 38.1 Å². The zero-order valence-electron chi connectivity index (χ0n) is 15.3. The predicted molar refractivity (Wildman–Crippen MR) is 98.5 cm³/mol. The average molecular weight is 383 g/mol. The van der Waals surface area contributed by atoms with E-state index in [0.29, 0.717) is 17.3 Å². The standard InChI is InChI=1S/C19H18FN5O3/c1-9-6-11(9)18-22-17(23-28-18)14-16-19(27)25(10(2)7-26)15-12(20)4-3-5-13(15)24(16)8-21-14/h3-5,8-11,26H,6-7H2,1-2H3. The molecule has 0 amide bonds. The number of fused-ring (bicyclic) bond motifs is 3. The highest BCUT2D eigenvalue weighted by Gasteiger charge is 2.39. The van der Waals surface area contributed by atoms with Crippen molar-refractivity contribution < 1.29 is 14.0 Å². The van der Waals surface area contributed by atoms with E-state index in [-0.39, 0.29) is 35.1 Å². The molecule has 144 valence electrons. The van der Waals surface area contributed by atoms with E-state index in [2.05, 4.69) is 22.0 Å². The molecule has 1 saturated carbocycles. The number of imidazole rings is 1. The summed E-state index contributed by atoms with van der Waals surface area (Å²) in [4.78, 5) is 22.0. The number of hydrogen-bond acceptors (Lipinski definition) is 6.